The largest absolute Gasteiger partial charge is 0.497 e. The molecule has 1 aliphatic rings. The van der Waals surface area contributed by atoms with Crippen LogP contribution in [-0.4, -0.2) is 52.6 Å². The maximum Gasteiger partial charge on any atom is 0.261 e. The highest BCUT2D eigenvalue weighted by atomic mass is 32.2. The quantitative estimate of drug-likeness (QED) is 0.847. The van der Waals surface area contributed by atoms with Gasteiger partial charge in [-0.25, -0.2) is 8.42 Å². The van der Waals surface area contributed by atoms with E-state index in [4.69, 9.17) is 9.47 Å². The van der Waals surface area contributed by atoms with Gasteiger partial charge < -0.3 is 14.4 Å². The molecule has 1 aliphatic heterocycles. The molecule has 0 atom stereocenters. The normalized spacial score (nSPS) is 14.7. The van der Waals surface area contributed by atoms with E-state index < -0.39 is 10.0 Å². The number of sulfonamides is 1. The number of benzene rings is 2. The fourth-order valence-electron chi connectivity index (χ4n) is 2.82. The minimum Gasteiger partial charge on any atom is -0.497 e. The van der Waals surface area contributed by atoms with Gasteiger partial charge in [0.15, 0.2) is 0 Å². The lowest BCUT2D eigenvalue weighted by molar-refractivity contribution is 0.0303. The van der Waals surface area contributed by atoms with E-state index in [0.29, 0.717) is 48.9 Å². The first kappa shape index (κ1) is 19.2. The predicted octanol–water partition coefficient (Wildman–Crippen LogP) is 2.28. The maximum atomic E-state index is 12.6. The molecule has 0 aromatic heterocycles. The molecular weight excluding hydrogens is 368 g/mol. The van der Waals surface area contributed by atoms with Crippen LogP contribution in [0.3, 0.4) is 0 Å². The summed E-state index contributed by atoms with van der Waals surface area (Å²) in [5.74, 6) is 0.502. The lowest BCUT2D eigenvalue weighted by Crippen LogP contribution is -2.40. The molecule has 0 radical (unpaired) electrons. The zero-order valence-electron chi connectivity index (χ0n) is 15.3. The number of morpholine rings is 1. The maximum absolute atomic E-state index is 12.6. The molecule has 3 rings (SSSR count). The first-order chi connectivity index (χ1) is 12.9. The summed E-state index contributed by atoms with van der Waals surface area (Å²) in [5, 5.41) is 0. The Bertz CT molecular complexity index is 920. The van der Waals surface area contributed by atoms with Crippen LogP contribution in [0.25, 0.3) is 0 Å². The van der Waals surface area contributed by atoms with Gasteiger partial charge >= 0.3 is 0 Å². The minimum atomic E-state index is -3.73. The van der Waals surface area contributed by atoms with Gasteiger partial charge in [-0.2, -0.15) is 0 Å². The Labute approximate surface area is 158 Å². The van der Waals surface area contributed by atoms with Gasteiger partial charge in [-0.3, -0.25) is 9.52 Å². The molecule has 1 amide bonds. The molecule has 0 spiro atoms. The van der Waals surface area contributed by atoms with Crippen molar-refractivity contribution in [1.82, 2.24) is 4.90 Å². The Kier molecular flexibility index (Phi) is 5.67. The van der Waals surface area contributed by atoms with Crippen LogP contribution < -0.4 is 9.46 Å². The molecule has 7 nitrogen and oxygen atoms in total. The highest BCUT2D eigenvalue weighted by Gasteiger charge is 2.20. The first-order valence-corrected chi connectivity index (χ1v) is 10.0. The molecule has 1 fully saturated rings. The van der Waals surface area contributed by atoms with Crippen LogP contribution in [0.15, 0.2) is 47.4 Å². The molecule has 144 valence electrons. The van der Waals surface area contributed by atoms with E-state index in [0.717, 1.165) is 0 Å². The summed E-state index contributed by atoms with van der Waals surface area (Å²) < 4.78 is 38.0. The van der Waals surface area contributed by atoms with Crippen molar-refractivity contribution in [1.29, 1.82) is 0 Å². The van der Waals surface area contributed by atoms with Gasteiger partial charge in [0.25, 0.3) is 15.9 Å². The van der Waals surface area contributed by atoms with Crippen molar-refractivity contribution in [3.8, 4) is 5.75 Å². The van der Waals surface area contributed by atoms with Crippen molar-refractivity contribution in [2.75, 3.05) is 38.1 Å². The zero-order valence-corrected chi connectivity index (χ0v) is 16.1. The summed E-state index contributed by atoms with van der Waals surface area (Å²) in [6.07, 6.45) is 0. The van der Waals surface area contributed by atoms with Crippen molar-refractivity contribution in [2.45, 2.75) is 11.8 Å². The van der Waals surface area contributed by atoms with Gasteiger partial charge in [0.05, 0.1) is 30.9 Å². The number of amides is 1. The molecular formula is C19H22N2O5S. The smallest absolute Gasteiger partial charge is 0.261 e. The highest BCUT2D eigenvalue weighted by Crippen LogP contribution is 2.23. The molecule has 2 aromatic carbocycles. The number of methoxy groups -OCH3 is 1. The SMILES string of the molecule is COc1ccc(S(=O)(=O)Nc2ccc(C(=O)N3CCOCC3)cc2C)cc1. The molecule has 0 saturated carbocycles. The molecule has 1 saturated heterocycles. The fourth-order valence-corrected chi connectivity index (χ4v) is 3.95. The third kappa shape index (κ3) is 4.40. The Morgan fingerprint density at radius 2 is 1.78 bits per heavy atom. The molecule has 0 unspecified atom stereocenters. The van der Waals surface area contributed by atoms with Gasteiger partial charge in [-0.05, 0) is 55.0 Å². The van der Waals surface area contributed by atoms with E-state index in [1.54, 1.807) is 42.2 Å². The summed E-state index contributed by atoms with van der Waals surface area (Å²) in [6, 6.07) is 11.1. The summed E-state index contributed by atoms with van der Waals surface area (Å²) in [4.78, 5) is 14.4. The Morgan fingerprint density at radius 3 is 2.37 bits per heavy atom. The topological polar surface area (TPSA) is 84.9 Å². The van der Waals surface area contributed by atoms with Crippen LogP contribution in [0, 0.1) is 6.92 Å². The number of nitrogens with one attached hydrogen (secondary N) is 1. The van der Waals surface area contributed by atoms with E-state index >= 15 is 0 Å². The Morgan fingerprint density at radius 1 is 1.11 bits per heavy atom. The number of ether oxygens (including phenoxy) is 2. The van der Waals surface area contributed by atoms with Crippen LogP contribution in [0.2, 0.25) is 0 Å². The number of hydrogen-bond acceptors (Lipinski definition) is 5. The van der Waals surface area contributed by atoms with Gasteiger partial charge in [0.2, 0.25) is 0 Å². The van der Waals surface area contributed by atoms with Crippen LogP contribution >= 0.6 is 0 Å². The number of nitrogens with zero attached hydrogens (tertiary/aromatic N) is 1. The van der Waals surface area contributed by atoms with Gasteiger partial charge in [0.1, 0.15) is 5.75 Å². The predicted molar refractivity (Wildman–Crippen MR) is 102 cm³/mol. The van der Waals surface area contributed by atoms with Gasteiger partial charge in [-0.15, -0.1) is 0 Å². The highest BCUT2D eigenvalue weighted by molar-refractivity contribution is 7.92. The van der Waals surface area contributed by atoms with Crippen molar-refractivity contribution in [3.63, 3.8) is 0 Å². The van der Waals surface area contributed by atoms with E-state index in [2.05, 4.69) is 4.72 Å². The van der Waals surface area contributed by atoms with E-state index in [1.807, 2.05) is 0 Å². The van der Waals surface area contributed by atoms with E-state index in [1.165, 1.54) is 19.2 Å². The average molecular weight is 390 g/mol. The fraction of sp³-hybridized carbons (Fsp3) is 0.316. The summed E-state index contributed by atoms with van der Waals surface area (Å²) in [6.45, 7) is 3.95. The molecule has 0 bridgehead atoms. The van der Waals surface area contributed by atoms with E-state index in [9.17, 15) is 13.2 Å². The van der Waals surface area contributed by atoms with E-state index in [-0.39, 0.29) is 10.8 Å². The second kappa shape index (κ2) is 7.98. The molecule has 8 heteroatoms. The lowest BCUT2D eigenvalue weighted by Gasteiger charge is -2.27. The lowest BCUT2D eigenvalue weighted by atomic mass is 10.1. The third-order valence-electron chi connectivity index (χ3n) is 4.39. The van der Waals surface area contributed by atoms with Crippen molar-refractivity contribution in [3.05, 3.63) is 53.6 Å². The van der Waals surface area contributed by atoms with Crippen LogP contribution in [-0.2, 0) is 14.8 Å². The standard InChI is InChI=1S/C19H22N2O5S/c1-14-13-15(19(22)21-9-11-26-12-10-21)3-8-18(14)20-27(23,24)17-6-4-16(25-2)5-7-17/h3-8,13,20H,9-12H2,1-2H3. The van der Waals surface area contributed by atoms with Gasteiger partial charge in [0, 0.05) is 18.7 Å². The third-order valence-corrected chi connectivity index (χ3v) is 5.77. The number of carbonyl (C=O) groups is 1. The van der Waals surface area contributed by atoms with Crippen LogP contribution in [0.4, 0.5) is 5.69 Å². The van der Waals surface area contributed by atoms with Crippen molar-refractivity contribution < 1.29 is 22.7 Å². The average Bonchev–Trinajstić information content (AvgIpc) is 2.69. The second-order valence-electron chi connectivity index (χ2n) is 6.22. The molecule has 1 N–H and O–H groups in total. The summed E-state index contributed by atoms with van der Waals surface area (Å²) >= 11 is 0. The number of carbonyl (C=O) groups excluding carboxylic acids is 1. The van der Waals surface area contributed by atoms with Crippen LogP contribution in [0.1, 0.15) is 15.9 Å². The number of hydrogen-bond donors (Lipinski definition) is 1. The molecule has 2 aromatic rings. The summed E-state index contributed by atoms with van der Waals surface area (Å²) in [7, 11) is -2.21. The zero-order chi connectivity index (χ0) is 19.4. The Hall–Kier alpha value is -2.58. The monoisotopic (exact) mass is 390 g/mol. The molecule has 27 heavy (non-hydrogen) atoms. The number of anilines is 1. The molecule has 0 aliphatic carbocycles. The first-order valence-electron chi connectivity index (χ1n) is 8.55. The number of rotatable bonds is 5. The Balaban J connectivity index is 1.77. The van der Waals surface area contributed by atoms with Crippen molar-refractivity contribution >= 4 is 21.6 Å². The van der Waals surface area contributed by atoms with Crippen LogP contribution in [0.5, 0.6) is 5.75 Å². The summed E-state index contributed by atoms with van der Waals surface area (Å²) in [5.41, 5.74) is 1.64. The second-order valence-corrected chi connectivity index (χ2v) is 7.90. The van der Waals surface area contributed by atoms with Gasteiger partial charge in [-0.1, -0.05) is 0 Å². The van der Waals surface area contributed by atoms with Crippen molar-refractivity contribution in [2.24, 2.45) is 0 Å². The minimum absolute atomic E-state index is 0.0778. The number of aryl methyl sites for hydroxylation is 1. The molecule has 1 heterocycles.